The molecule has 1 aromatic heterocycles. The van der Waals surface area contributed by atoms with E-state index < -0.39 is 0 Å². The van der Waals surface area contributed by atoms with Gasteiger partial charge in [-0.1, -0.05) is 0 Å². The molecule has 0 aromatic carbocycles. The minimum Gasteiger partial charge on any atom is -0.312 e. The van der Waals surface area contributed by atoms with Crippen LogP contribution in [0.4, 0.5) is 4.79 Å². The summed E-state index contributed by atoms with van der Waals surface area (Å²) in [6, 6.07) is 1.93. The fourth-order valence-electron chi connectivity index (χ4n) is 4.52. The summed E-state index contributed by atoms with van der Waals surface area (Å²) in [5, 5.41) is 2.16. The van der Waals surface area contributed by atoms with Crippen molar-refractivity contribution in [3.05, 3.63) is 21.9 Å². The summed E-state index contributed by atoms with van der Waals surface area (Å²) in [6.45, 7) is 8.48. The third-order valence-corrected chi connectivity index (χ3v) is 7.11. The van der Waals surface area contributed by atoms with Crippen LogP contribution in [0.15, 0.2) is 11.4 Å². The molecule has 3 aliphatic heterocycles. The van der Waals surface area contributed by atoms with E-state index in [2.05, 4.69) is 23.3 Å². The van der Waals surface area contributed by atoms with E-state index in [1.807, 2.05) is 23.2 Å². The molecule has 1 aromatic rings. The lowest BCUT2D eigenvalue weighted by atomic mass is 9.76. The van der Waals surface area contributed by atoms with Gasteiger partial charge in [-0.2, -0.15) is 0 Å². The van der Waals surface area contributed by atoms with Crippen molar-refractivity contribution in [2.75, 3.05) is 26.2 Å². The van der Waals surface area contributed by atoms with Crippen molar-refractivity contribution in [1.82, 2.24) is 14.7 Å². The fourth-order valence-corrected chi connectivity index (χ4v) is 5.46. The zero-order valence-corrected chi connectivity index (χ0v) is 15.3. The molecule has 4 heterocycles. The van der Waals surface area contributed by atoms with E-state index in [-0.39, 0.29) is 23.4 Å². The van der Waals surface area contributed by atoms with Crippen molar-refractivity contribution < 1.29 is 9.59 Å². The van der Waals surface area contributed by atoms with Crippen LogP contribution < -0.4 is 0 Å². The van der Waals surface area contributed by atoms with Crippen molar-refractivity contribution in [3.63, 3.8) is 0 Å². The normalized spacial score (nSPS) is 26.7. The Morgan fingerprint density at radius 1 is 1.29 bits per heavy atom. The van der Waals surface area contributed by atoms with Crippen LogP contribution in [0.1, 0.15) is 36.6 Å². The number of piperidine rings is 1. The largest absolute Gasteiger partial charge is 0.327 e. The first-order chi connectivity index (χ1) is 11.5. The SMILES string of the molecule is CCN1C(=O)C2CC3(CCN(Cc4sccc4C)CC3)CN2C1=O. The van der Waals surface area contributed by atoms with Gasteiger partial charge in [0.05, 0.1) is 0 Å². The average Bonchev–Trinajstić information content (AvgIpc) is 3.20. The molecule has 4 rings (SSSR count). The molecule has 1 spiro atoms. The Balaban J connectivity index is 1.39. The van der Waals surface area contributed by atoms with Gasteiger partial charge < -0.3 is 4.90 Å². The molecule has 6 heteroatoms. The van der Waals surface area contributed by atoms with Gasteiger partial charge in [-0.3, -0.25) is 14.6 Å². The number of hydrogen-bond donors (Lipinski definition) is 0. The minimum absolute atomic E-state index is 0.0241. The molecule has 0 N–H and O–H groups in total. The number of aryl methyl sites for hydroxylation is 1. The van der Waals surface area contributed by atoms with Crippen molar-refractivity contribution in [2.24, 2.45) is 5.41 Å². The Morgan fingerprint density at radius 2 is 2.04 bits per heavy atom. The smallest absolute Gasteiger partial charge is 0.312 e. The van der Waals surface area contributed by atoms with Gasteiger partial charge in [0.25, 0.3) is 5.91 Å². The lowest BCUT2D eigenvalue weighted by molar-refractivity contribution is -0.128. The minimum atomic E-state index is -0.191. The van der Waals surface area contributed by atoms with Gasteiger partial charge in [0, 0.05) is 24.5 Å². The Bertz CT molecular complexity index is 637. The average molecular weight is 347 g/mol. The fraction of sp³-hybridized carbons (Fsp3) is 0.667. The van der Waals surface area contributed by atoms with E-state index in [9.17, 15) is 9.59 Å². The molecule has 0 saturated carbocycles. The van der Waals surface area contributed by atoms with Crippen LogP contribution in [0.25, 0.3) is 0 Å². The molecule has 5 nitrogen and oxygen atoms in total. The molecule has 0 aliphatic carbocycles. The van der Waals surface area contributed by atoms with E-state index >= 15 is 0 Å². The number of nitrogens with zero attached hydrogens (tertiary/aromatic N) is 3. The zero-order chi connectivity index (χ0) is 16.9. The first-order valence-corrected chi connectivity index (χ1v) is 9.78. The molecule has 3 fully saturated rings. The van der Waals surface area contributed by atoms with Gasteiger partial charge in [0.15, 0.2) is 0 Å². The van der Waals surface area contributed by atoms with E-state index in [0.717, 1.165) is 45.4 Å². The molecule has 1 unspecified atom stereocenters. The van der Waals surface area contributed by atoms with Gasteiger partial charge in [0.1, 0.15) is 6.04 Å². The topological polar surface area (TPSA) is 43.9 Å². The van der Waals surface area contributed by atoms with Gasteiger partial charge >= 0.3 is 6.03 Å². The van der Waals surface area contributed by atoms with Crippen molar-refractivity contribution in [2.45, 2.75) is 45.7 Å². The predicted octanol–water partition coefficient (Wildman–Crippen LogP) is 2.70. The third kappa shape index (κ3) is 2.47. The number of rotatable bonds is 3. The molecule has 0 radical (unpaired) electrons. The Kier molecular flexibility index (Phi) is 3.92. The Labute approximate surface area is 147 Å². The Morgan fingerprint density at radius 3 is 2.62 bits per heavy atom. The second-order valence-electron chi connectivity index (χ2n) is 7.52. The number of carbonyl (C=O) groups is 2. The standard InChI is InChI=1S/C18H25N3O2S/c1-3-20-16(22)14-10-18(12-21(14)17(20)23)5-7-19(8-6-18)11-15-13(2)4-9-24-15/h4,9,14H,3,5-8,10-12H2,1-2H3. The van der Waals surface area contributed by atoms with E-state index in [0.29, 0.717) is 6.54 Å². The van der Waals surface area contributed by atoms with Gasteiger partial charge in [0.2, 0.25) is 0 Å². The number of hydrogen-bond acceptors (Lipinski definition) is 4. The van der Waals surface area contributed by atoms with Crippen molar-refractivity contribution >= 4 is 23.3 Å². The summed E-state index contributed by atoms with van der Waals surface area (Å²) >= 11 is 1.84. The first kappa shape index (κ1) is 16.1. The molecule has 0 bridgehead atoms. The monoisotopic (exact) mass is 347 g/mol. The number of amides is 3. The quantitative estimate of drug-likeness (QED) is 0.790. The summed E-state index contributed by atoms with van der Waals surface area (Å²) in [6.07, 6.45) is 3.05. The summed E-state index contributed by atoms with van der Waals surface area (Å²) in [5.41, 5.74) is 1.55. The lowest BCUT2D eigenvalue weighted by Crippen LogP contribution is -2.43. The van der Waals surface area contributed by atoms with Crippen LogP contribution in [-0.2, 0) is 11.3 Å². The van der Waals surface area contributed by atoms with Crippen LogP contribution >= 0.6 is 11.3 Å². The van der Waals surface area contributed by atoms with Crippen LogP contribution in [0, 0.1) is 12.3 Å². The molecular weight excluding hydrogens is 322 g/mol. The number of fused-ring (bicyclic) bond motifs is 1. The number of carbonyl (C=O) groups excluding carboxylic acids is 2. The van der Waals surface area contributed by atoms with Crippen LogP contribution in [0.3, 0.4) is 0 Å². The molecule has 3 saturated heterocycles. The van der Waals surface area contributed by atoms with Crippen LogP contribution in [0.2, 0.25) is 0 Å². The van der Waals surface area contributed by atoms with E-state index in [1.165, 1.54) is 15.3 Å². The molecular formula is C18H25N3O2S. The lowest BCUT2D eigenvalue weighted by Gasteiger charge is -2.39. The number of urea groups is 1. The predicted molar refractivity (Wildman–Crippen MR) is 93.9 cm³/mol. The molecule has 3 amide bonds. The molecule has 1 atom stereocenters. The Hall–Kier alpha value is -1.40. The summed E-state index contributed by atoms with van der Waals surface area (Å²) in [5.74, 6) is 0.0241. The molecule has 3 aliphatic rings. The highest BCUT2D eigenvalue weighted by Gasteiger charge is 2.55. The van der Waals surface area contributed by atoms with E-state index in [4.69, 9.17) is 0 Å². The third-order valence-electron chi connectivity index (χ3n) is 6.10. The highest BCUT2D eigenvalue weighted by Crippen LogP contribution is 2.46. The maximum atomic E-state index is 12.4. The first-order valence-electron chi connectivity index (χ1n) is 8.90. The van der Waals surface area contributed by atoms with Gasteiger partial charge in [-0.05, 0) is 68.6 Å². The van der Waals surface area contributed by atoms with Gasteiger partial charge in [-0.25, -0.2) is 4.79 Å². The van der Waals surface area contributed by atoms with Crippen LogP contribution in [-0.4, -0.2) is 58.9 Å². The van der Waals surface area contributed by atoms with Crippen LogP contribution in [0.5, 0.6) is 0 Å². The number of thiophene rings is 1. The summed E-state index contributed by atoms with van der Waals surface area (Å²) in [7, 11) is 0. The number of likely N-dealkylation sites (tertiary alicyclic amines) is 1. The van der Waals surface area contributed by atoms with Crippen molar-refractivity contribution in [3.8, 4) is 0 Å². The highest BCUT2D eigenvalue weighted by atomic mass is 32.1. The van der Waals surface area contributed by atoms with Crippen molar-refractivity contribution in [1.29, 1.82) is 0 Å². The molecule has 24 heavy (non-hydrogen) atoms. The zero-order valence-electron chi connectivity index (χ0n) is 14.5. The number of likely N-dealkylation sites (N-methyl/N-ethyl adjacent to an activating group) is 1. The van der Waals surface area contributed by atoms with E-state index in [1.54, 1.807) is 0 Å². The molecule has 130 valence electrons. The second kappa shape index (κ2) is 5.85. The maximum absolute atomic E-state index is 12.4. The van der Waals surface area contributed by atoms with Gasteiger partial charge in [-0.15, -0.1) is 11.3 Å². The maximum Gasteiger partial charge on any atom is 0.327 e. The summed E-state index contributed by atoms with van der Waals surface area (Å²) < 4.78 is 0. The highest BCUT2D eigenvalue weighted by molar-refractivity contribution is 7.10. The second-order valence-corrected chi connectivity index (χ2v) is 8.52. The number of imide groups is 1. The summed E-state index contributed by atoms with van der Waals surface area (Å²) in [4.78, 5) is 32.0.